The van der Waals surface area contributed by atoms with E-state index in [2.05, 4.69) is 10.1 Å². The van der Waals surface area contributed by atoms with Gasteiger partial charge in [0.1, 0.15) is 0 Å². The number of aliphatic hydroxyl groups is 1. The van der Waals surface area contributed by atoms with Crippen molar-refractivity contribution in [3.63, 3.8) is 0 Å². The SMILES string of the molecule is CCOC(=O)NCC1(O)CCCC1. The second-order valence-electron chi connectivity index (χ2n) is 3.51. The first-order valence-corrected chi connectivity index (χ1v) is 4.79. The second kappa shape index (κ2) is 4.46. The highest BCUT2D eigenvalue weighted by atomic mass is 16.5. The van der Waals surface area contributed by atoms with E-state index in [0.717, 1.165) is 25.7 Å². The number of carbonyl (C=O) groups is 1. The zero-order valence-electron chi connectivity index (χ0n) is 8.01. The van der Waals surface area contributed by atoms with Crippen LogP contribution >= 0.6 is 0 Å². The monoisotopic (exact) mass is 187 g/mol. The predicted octanol–water partition coefficient (Wildman–Crippen LogP) is 1.04. The number of alkyl carbamates (subject to hydrolysis) is 1. The van der Waals surface area contributed by atoms with Crippen LogP contribution < -0.4 is 5.32 Å². The standard InChI is InChI=1S/C9H17NO3/c1-2-13-8(11)10-7-9(12)5-3-4-6-9/h12H,2-7H2,1H3,(H,10,11). The molecule has 1 aliphatic rings. The van der Waals surface area contributed by atoms with Gasteiger partial charge in [0.2, 0.25) is 0 Å². The first kappa shape index (κ1) is 10.3. The van der Waals surface area contributed by atoms with Crippen molar-refractivity contribution in [2.75, 3.05) is 13.2 Å². The Morgan fingerprint density at radius 1 is 1.54 bits per heavy atom. The van der Waals surface area contributed by atoms with E-state index in [0.29, 0.717) is 13.2 Å². The maximum absolute atomic E-state index is 10.9. The van der Waals surface area contributed by atoms with E-state index in [1.807, 2.05) is 0 Å². The quantitative estimate of drug-likeness (QED) is 0.694. The Bertz CT molecular complexity index is 176. The van der Waals surface area contributed by atoms with Crippen molar-refractivity contribution >= 4 is 6.09 Å². The Morgan fingerprint density at radius 2 is 2.15 bits per heavy atom. The molecule has 4 heteroatoms. The van der Waals surface area contributed by atoms with E-state index < -0.39 is 11.7 Å². The average molecular weight is 187 g/mol. The molecule has 0 spiro atoms. The maximum atomic E-state index is 10.9. The summed E-state index contributed by atoms with van der Waals surface area (Å²) in [4.78, 5) is 10.9. The summed E-state index contributed by atoms with van der Waals surface area (Å²) in [5.74, 6) is 0. The lowest BCUT2D eigenvalue weighted by Crippen LogP contribution is -2.40. The molecule has 76 valence electrons. The third kappa shape index (κ3) is 3.22. The van der Waals surface area contributed by atoms with Crippen LogP contribution in [0.15, 0.2) is 0 Å². The van der Waals surface area contributed by atoms with E-state index in [4.69, 9.17) is 0 Å². The van der Waals surface area contributed by atoms with Gasteiger partial charge in [-0.2, -0.15) is 0 Å². The van der Waals surface area contributed by atoms with Crippen molar-refractivity contribution in [3.8, 4) is 0 Å². The summed E-state index contributed by atoms with van der Waals surface area (Å²) in [7, 11) is 0. The summed E-state index contributed by atoms with van der Waals surface area (Å²) >= 11 is 0. The van der Waals surface area contributed by atoms with Gasteiger partial charge in [0.25, 0.3) is 0 Å². The molecule has 0 atom stereocenters. The summed E-state index contributed by atoms with van der Waals surface area (Å²) in [5.41, 5.74) is -0.688. The van der Waals surface area contributed by atoms with Crippen LogP contribution in [0.5, 0.6) is 0 Å². The van der Waals surface area contributed by atoms with Gasteiger partial charge in [0, 0.05) is 6.54 Å². The van der Waals surface area contributed by atoms with Gasteiger partial charge in [0.05, 0.1) is 12.2 Å². The van der Waals surface area contributed by atoms with Gasteiger partial charge >= 0.3 is 6.09 Å². The van der Waals surface area contributed by atoms with Crippen molar-refractivity contribution in [3.05, 3.63) is 0 Å². The highest BCUT2D eigenvalue weighted by molar-refractivity contribution is 5.67. The predicted molar refractivity (Wildman–Crippen MR) is 48.4 cm³/mol. The number of nitrogens with one attached hydrogen (secondary N) is 1. The third-order valence-corrected chi connectivity index (χ3v) is 2.37. The molecule has 0 aromatic heterocycles. The van der Waals surface area contributed by atoms with E-state index in [9.17, 15) is 9.90 Å². The Hall–Kier alpha value is -0.770. The van der Waals surface area contributed by atoms with Crippen molar-refractivity contribution in [2.45, 2.75) is 38.2 Å². The second-order valence-corrected chi connectivity index (χ2v) is 3.51. The smallest absolute Gasteiger partial charge is 0.407 e. The van der Waals surface area contributed by atoms with Gasteiger partial charge in [-0.15, -0.1) is 0 Å². The van der Waals surface area contributed by atoms with Crippen LogP contribution in [0, 0.1) is 0 Å². The molecule has 1 rings (SSSR count). The first-order valence-electron chi connectivity index (χ1n) is 4.79. The Balaban J connectivity index is 2.21. The molecule has 4 nitrogen and oxygen atoms in total. The molecule has 1 fully saturated rings. The fraction of sp³-hybridized carbons (Fsp3) is 0.889. The van der Waals surface area contributed by atoms with Gasteiger partial charge in [-0.3, -0.25) is 0 Å². The minimum atomic E-state index is -0.688. The van der Waals surface area contributed by atoms with Crippen LogP contribution in [0.3, 0.4) is 0 Å². The van der Waals surface area contributed by atoms with Gasteiger partial charge < -0.3 is 15.2 Å². The maximum Gasteiger partial charge on any atom is 0.407 e. The van der Waals surface area contributed by atoms with E-state index in [1.165, 1.54) is 0 Å². The highest BCUT2D eigenvalue weighted by Gasteiger charge is 2.31. The van der Waals surface area contributed by atoms with Crippen LogP contribution in [0.1, 0.15) is 32.6 Å². The summed E-state index contributed by atoms with van der Waals surface area (Å²) in [6, 6.07) is 0. The number of rotatable bonds is 3. The molecule has 0 aliphatic heterocycles. The number of carbonyl (C=O) groups excluding carboxylic acids is 1. The lowest BCUT2D eigenvalue weighted by Gasteiger charge is -2.21. The Labute approximate surface area is 78.3 Å². The van der Waals surface area contributed by atoms with Crippen LogP contribution in [0.25, 0.3) is 0 Å². The summed E-state index contributed by atoms with van der Waals surface area (Å²) in [5, 5.41) is 12.4. The van der Waals surface area contributed by atoms with Crippen molar-refractivity contribution in [1.29, 1.82) is 0 Å². The molecular weight excluding hydrogens is 170 g/mol. The zero-order chi connectivity index (χ0) is 9.73. The van der Waals surface area contributed by atoms with Gasteiger partial charge in [-0.25, -0.2) is 4.79 Å². The molecule has 0 radical (unpaired) electrons. The molecule has 1 saturated carbocycles. The minimum Gasteiger partial charge on any atom is -0.450 e. The molecule has 0 aromatic rings. The topological polar surface area (TPSA) is 58.6 Å². The van der Waals surface area contributed by atoms with Gasteiger partial charge in [-0.05, 0) is 19.8 Å². The molecule has 0 unspecified atom stereocenters. The van der Waals surface area contributed by atoms with Crippen molar-refractivity contribution in [1.82, 2.24) is 5.32 Å². The van der Waals surface area contributed by atoms with Crippen molar-refractivity contribution < 1.29 is 14.6 Å². The number of ether oxygens (including phenoxy) is 1. The van der Waals surface area contributed by atoms with E-state index in [-0.39, 0.29) is 0 Å². The molecule has 1 amide bonds. The largest absolute Gasteiger partial charge is 0.450 e. The van der Waals surface area contributed by atoms with Crippen molar-refractivity contribution in [2.24, 2.45) is 0 Å². The average Bonchev–Trinajstić information content (AvgIpc) is 2.51. The molecular formula is C9H17NO3. The summed E-state index contributed by atoms with van der Waals surface area (Å²) in [6.07, 6.45) is 3.20. The normalized spacial score (nSPS) is 19.8. The van der Waals surface area contributed by atoms with Crippen LogP contribution in [-0.4, -0.2) is 30.0 Å². The number of hydrogen-bond acceptors (Lipinski definition) is 3. The molecule has 0 aromatic carbocycles. The Morgan fingerprint density at radius 3 is 2.69 bits per heavy atom. The minimum absolute atomic E-state index is 0.311. The summed E-state index contributed by atoms with van der Waals surface area (Å²) in [6.45, 7) is 2.43. The molecule has 0 heterocycles. The van der Waals surface area contributed by atoms with Crippen LogP contribution in [-0.2, 0) is 4.74 Å². The van der Waals surface area contributed by atoms with E-state index >= 15 is 0 Å². The Kier molecular flexibility index (Phi) is 3.54. The van der Waals surface area contributed by atoms with Gasteiger partial charge in [0.15, 0.2) is 0 Å². The van der Waals surface area contributed by atoms with Crippen LogP contribution in [0.2, 0.25) is 0 Å². The molecule has 2 N–H and O–H groups in total. The lowest BCUT2D eigenvalue weighted by atomic mass is 10.0. The van der Waals surface area contributed by atoms with Gasteiger partial charge in [-0.1, -0.05) is 12.8 Å². The zero-order valence-corrected chi connectivity index (χ0v) is 8.01. The van der Waals surface area contributed by atoms with Crippen LogP contribution in [0.4, 0.5) is 4.79 Å². The molecule has 13 heavy (non-hydrogen) atoms. The molecule has 0 saturated heterocycles. The number of amides is 1. The fourth-order valence-electron chi connectivity index (χ4n) is 1.63. The molecule has 0 bridgehead atoms. The molecule has 1 aliphatic carbocycles. The summed E-state index contributed by atoms with van der Waals surface area (Å²) < 4.78 is 4.69. The third-order valence-electron chi connectivity index (χ3n) is 2.37. The fourth-order valence-corrected chi connectivity index (χ4v) is 1.63. The lowest BCUT2D eigenvalue weighted by molar-refractivity contribution is 0.0455. The highest BCUT2D eigenvalue weighted by Crippen LogP contribution is 2.28. The van der Waals surface area contributed by atoms with E-state index in [1.54, 1.807) is 6.92 Å². The number of hydrogen-bond donors (Lipinski definition) is 2. The first-order chi connectivity index (χ1) is 6.16.